The number of hydrogen-bond donors (Lipinski definition) is 0. The number of aryl methyl sites for hydroxylation is 1. The minimum absolute atomic E-state index is 0.0623. The third-order valence-electron chi connectivity index (χ3n) is 5.32. The molecule has 2 aliphatic rings. The third kappa shape index (κ3) is 3.00. The van der Waals surface area contributed by atoms with Gasteiger partial charge in [0.2, 0.25) is 0 Å². The second kappa shape index (κ2) is 6.94. The maximum absolute atomic E-state index is 12.4. The zero-order valence-electron chi connectivity index (χ0n) is 15.0. The number of amides is 2. The predicted molar refractivity (Wildman–Crippen MR) is 99.6 cm³/mol. The fourth-order valence-corrected chi connectivity index (χ4v) is 3.89. The second-order valence-electron chi connectivity index (χ2n) is 7.13. The molecule has 26 heavy (non-hydrogen) atoms. The molecule has 4 nitrogen and oxygen atoms in total. The first kappa shape index (κ1) is 16.8. The van der Waals surface area contributed by atoms with Crippen LogP contribution in [-0.2, 0) is 12.8 Å². The molecule has 0 saturated heterocycles. The molecular formula is C22H23NO3. The molecule has 1 aliphatic carbocycles. The summed E-state index contributed by atoms with van der Waals surface area (Å²) >= 11 is 0. The Labute approximate surface area is 153 Å². The van der Waals surface area contributed by atoms with Crippen LogP contribution in [0.3, 0.4) is 0 Å². The number of ether oxygens (including phenoxy) is 1. The quantitative estimate of drug-likeness (QED) is 0.766. The summed E-state index contributed by atoms with van der Waals surface area (Å²) in [6, 6.07) is 13.3. The SMILES string of the molecule is CC(CCN1C(=O)c2ccccc2C1=O)Oc1cccc2c1CCCC2. The first-order chi connectivity index (χ1) is 12.6. The van der Waals surface area contributed by atoms with E-state index >= 15 is 0 Å². The van der Waals surface area contributed by atoms with Crippen molar-refractivity contribution in [1.29, 1.82) is 0 Å². The van der Waals surface area contributed by atoms with Crippen molar-refractivity contribution in [2.75, 3.05) is 6.54 Å². The molecule has 134 valence electrons. The lowest BCUT2D eigenvalue weighted by molar-refractivity contribution is 0.0634. The Morgan fingerprint density at radius 3 is 2.38 bits per heavy atom. The summed E-state index contributed by atoms with van der Waals surface area (Å²) in [6.07, 6.45) is 5.19. The van der Waals surface area contributed by atoms with E-state index in [0.29, 0.717) is 24.1 Å². The van der Waals surface area contributed by atoms with Gasteiger partial charge in [0.05, 0.1) is 17.2 Å². The molecule has 0 N–H and O–H groups in total. The van der Waals surface area contributed by atoms with E-state index in [2.05, 4.69) is 12.1 Å². The lowest BCUT2D eigenvalue weighted by Gasteiger charge is -2.23. The molecule has 0 radical (unpaired) electrons. The average Bonchev–Trinajstić information content (AvgIpc) is 2.91. The van der Waals surface area contributed by atoms with Crippen LogP contribution in [0.4, 0.5) is 0 Å². The topological polar surface area (TPSA) is 46.6 Å². The zero-order chi connectivity index (χ0) is 18.1. The molecule has 4 rings (SSSR count). The number of nitrogens with zero attached hydrogens (tertiary/aromatic N) is 1. The Balaban J connectivity index is 1.40. The van der Waals surface area contributed by atoms with Crippen molar-refractivity contribution in [3.05, 3.63) is 64.7 Å². The molecule has 2 aromatic carbocycles. The van der Waals surface area contributed by atoms with Crippen molar-refractivity contribution < 1.29 is 14.3 Å². The van der Waals surface area contributed by atoms with Gasteiger partial charge in [-0.15, -0.1) is 0 Å². The smallest absolute Gasteiger partial charge is 0.261 e. The Morgan fingerprint density at radius 2 is 1.65 bits per heavy atom. The minimum Gasteiger partial charge on any atom is -0.490 e. The standard InChI is InChI=1S/C22H23NO3/c1-15(26-20-12-6-8-16-7-2-3-9-17(16)20)13-14-23-21(24)18-10-4-5-11-19(18)22(23)25/h4-6,8,10-12,15H,2-3,7,9,13-14H2,1H3. The number of carbonyl (C=O) groups is 2. The van der Waals surface area contributed by atoms with E-state index in [4.69, 9.17) is 4.74 Å². The molecule has 0 spiro atoms. The Kier molecular flexibility index (Phi) is 4.49. The number of benzene rings is 2. The normalized spacial score (nSPS) is 17.0. The fraction of sp³-hybridized carbons (Fsp3) is 0.364. The summed E-state index contributed by atoms with van der Waals surface area (Å²) in [4.78, 5) is 26.2. The van der Waals surface area contributed by atoms with Gasteiger partial charge in [0, 0.05) is 13.0 Å². The summed E-state index contributed by atoms with van der Waals surface area (Å²) in [6.45, 7) is 2.38. The van der Waals surface area contributed by atoms with Crippen molar-refractivity contribution in [2.45, 2.75) is 45.1 Å². The molecular weight excluding hydrogens is 326 g/mol. The van der Waals surface area contributed by atoms with E-state index < -0.39 is 0 Å². The molecule has 2 amide bonds. The van der Waals surface area contributed by atoms with Gasteiger partial charge in [0.1, 0.15) is 5.75 Å². The molecule has 0 bridgehead atoms. The Morgan fingerprint density at radius 1 is 0.962 bits per heavy atom. The van der Waals surface area contributed by atoms with Gasteiger partial charge in [-0.1, -0.05) is 24.3 Å². The van der Waals surface area contributed by atoms with Crippen molar-refractivity contribution in [1.82, 2.24) is 4.90 Å². The highest BCUT2D eigenvalue weighted by Gasteiger charge is 2.34. The van der Waals surface area contributed by atoms with Gasteiger partial charge in [-0.05, 0) is 61.9 Å². The number of fused-ring (bicyclic) bond motifs is 2. The molecule has 0 aromatic heterocycles. The lowest BCUT2D eigenvalue weighted by atomic mass is 9.91. The van der Waals surface area contributed by atoms with Crippen LogP contribution in [0, 0.1) is 0 Å². The van der Waals surface area contributed by atoms with Crippen LogP contribution in [0.2, 0.25) is 0 Å². The van der Waals surface area contributed by atoms with Crippen LogP contribution in [0.1, 0.15) is 58.0 Å². The number of rotatable bonds is 5. The van der Waals surface area contributed by atoms with Gasteiger partial charge in [-0.3, -0.25) is 14.5 Å². The fourth-order valence-electron chi connectivity index (χ4n) is 3.89. The zero-order valence-corrected chi connectivity index (χ0v) is 15.0. The van der Waals surface area contributed by atoms with Gasteiger partial charge in [0.15, 0.2) is 0 Å². The average molecular weight is 349 g/mol. The molecule has 1 atom stereocenters. The Hall–Kier alpha value is -2.62. The summed E-state index contributed by atoms with van der Waals surface area (Å²) in [5.41, 5.74) is 3.72. The van der Waals surface area contributed by atoms with E-state index in [-0.39, 0.29) is 17.9 Å². The predicted octanol–water partition coefficient (Wildman–Crippen LogP) is 4.02. The van der Waals surface area contributed by atoms with E-state index in [1.807, 2.05) is 13.0 Å². The second-order valence-corrected chi connectivity index (χ2v) is 7.13. The van der Waals surface area contributed by atoms with Crippen LogP contribution in [0.15, 0.2) is 42.5 Å². The number of imide groups is 1. The highest BCUT2D eigenvalue weighted by atomic mass is 16.5. The van der Waals surface area contributed by atoms with Crippen LogP contribution in [0.25, 0.3) is 0 Å². The first-order valence-corrected chi connectivity index (χ1v) is 9.38. The van der Waals surface area contributed by atoms with Crippen molar-refractivity contribution >= 4 is 11.8 Å². The Bertz CT molecular complexity index is 823. The van der Waals surface area contributed by atoms with Gasteiger partial charge in [0.25, 0.3) is 11.8 Å². The van der Waals surface area contributed by atoms with Crippen molar-refractivity contribution in [2.24, 2.45) is 0 Å². The van der Waals surface area contributed by atoms with Crippen LogP contribution >= 0.6 is 0 Å². The molecule has 4 heteroatoms. The maximum Gasteiger partial charge on any atom is 0.261 e. The largest absolute Gasteiger partial charge is 0.490 e. The molecule has 2 aromatic rings. The van der Waals surface area contributed by atoms with Crippen LogP contribution in [0.5, 0.6) is 5.75 Å². The van der Waals surface area contributed by atoms with Crippen LogP contribution in [-0.4, -0.2) is 29.4 Å². The molecule has 1 heterocycles. The number of carbonyl (C=O) groups excluding carboxylic acids is 2. The lowest BCUT2D eigenvalue weighted by Crippen LogP contribution is -2.33. The van der Waals surface area contributed by atoms with E-state index in [1.165, 1.54) is 28.9 Å². The third-order valence-corrected chi connectivity index (χ3v) is 5.32. The monoisotopic (exact) mass is 349 g/mol. The molecule has 0 saturated carbocycles. The minimum atomic E-state index is -0.199. The number of hydrogen-bond acceptors (Lipinski definition) is 3. The highest BCUT2D eigenvalue weighted by Crippen LogP contribution is 2.30. The van der Waals surface area contributed by atoms with Crippen LogP contribution < -0.4 is 4.74 Å². The summed E-state index contributed by atoms with van der Waals surface area (Å²) in [7, 11) is 0. The first-order valence-electron chi connectivity index (χ1n) is 9.38. The van der Waals surface area contributed by atoms with E-state index in [0.717, 1.165) is 18.6 Å². The summed E-state index contributed by atoms with van der Waals surface area (Å²) in [5.74, 6) is 0.557. The summed E-state index contributed by atoms with van der Waals surface area (Å²) in [5, 5.41) is 0. The van der Waals surface area contributed by atoms with E-state index in [1.54, 1.807) is 24.3 Å². The molecule has 1 aliphatic heterocycles. The van der Waals surface area contributed by atoms with Gasteiger partial charge < -0.3 is 4.74 Å². The summed E-state index contributed by atoms with van der Waals surface area (Å²) < 4.78 is 6.17. The van der Waals surface area contributed by atoms with Crippen molar-refractivity contribution in [3.8, 4) is 5.75 Å². The molecule has 0 fully saturated rings. The van der Waals surface area contributed by atoms with Gasteiger partial charge >= 0.3 is 0 Å². The maximum atomic E-state index is 12.4. The van der Waals surface area contributed by atoms with E-state index in [9.17, 15) is 9.59 Å². The van der Waals surface area contributed by atoms with Gasteiger partial charge in [-0.25, -0.2) is 0 Å². The molecule has 1 unspecified atom stereocenters. The van der Waals surface area contributed by atoms with Crippen molar-refractivity contribution in [3.63, 3.8) is 0 Å². The highest BCUT2D eigenvalue weighted by molar-refractivity contribution is 6.21. The van der Waals surface area contributed by atoms with Gasteiger partial charge in [-0.2, -0.15) is 0 Å².